The Morgan fingerprint density at radius 1 is 1.17 bits per heavy atom. The molecule has 1 aromatic carbocycles. The van der Waals surface area contributed by atoms with E-state index in [2.05, 4.69) is 14.8 Å². The molecule has 0 saturated carbocycles. The van der Waals surface area contributed by atoms with Crippen molar-refractivity contribution < 1.29 is 29.0 Å². The molecule has 0 atom stereocenters. The average Bonchev–Trinajstić information content (AvgIpc) is 2.54. The van der Waals surface area contributed by atoms with E-state index in [-0.39, 0.29) is 17.0 Å². The predicted molar refractivity (Wildman–Crippen MR) is 81.9 cm³/mol. The average molecular weight is 322 g/mol. The Morgan fingerprint density at radius 3 is 2.35 bits per heavy atom. The number of nitrogens with zero attached hydrogens (tertiary/aromatic N) is 1. The Morgan fingerprint density at radius 2 is 1.83 bits per heavy atom. The normalized spacial score (nSPS) is 10.7. The molecule has 1 rings (SSSR count). The Hall–Kier alpha value is -3.03. The zero-order chi connectivity index (χ0) is 17.6. The molecular weight excluding hydrogens is 304 g/mol. The van der Waals surface area contributed by atoms with Gasteiger partial charge in [0, 0.05) is 19.8 Å². The highest BCUT2D eigenvalue weighted by Gasteiger charge is 2.17. The molecule has 0 unspecified atom stereocenters. The minimum atomic E-state index is -0.788. The first-order valence-electron chi connectivity index (χ1n) is 6.49. The second-order valence-corrected chi connectivity index (χ2v) is 4.63. The summed E-state index contributed by atoms with van der Waals surface area (Å²) in [6.07, 6.45) is 0.923. The smallest absolute Gasteiger partial charge is 0.354 e. The second kappa shape index (κ2) is 7.83. The summed E-state index contributed by atoms with van der Waals surface area (Å²) in [7, 11) is 5.41. The Balaban J connectivity index is 3.17. The maximum absolute atomic E-state index is 12.0. The summed E-state index contributed by atoms with van der Waals surface area (Å²) < 4.78 is 9.03. The number of benzene rings is 1. The number of nitrogens with one attached hydrogen (secondary N) is 1. The molecule has 0 aliphatic rings. The van der Waals surface area contributed by atoms with Gasteiger partial charge in [0.2, 0.25) is 0 Å². The van der Waals surface area contributed by atoms with E-state index in [0.29, 0.717) is 5.69 Å². The van der Waals surface area contributed by atoms with Gasteiger partial charge in [-0.25, -0.2) is 9.59 Å². The van der Waals surface area contributed by atoms with Crippen molar-refractivity contribution in [1.82, 2.24) is 4.90 Å². The van der Waals surface area contributed by atoms with Crippen LogP contribution in [0.25, 0.3) is 0 Å². The van der Waals surface area contributed by atoms with E-state index >= 15 is 0 Å². The van der Waals surface area contributed by atoms with Gasteiger partial charge >= 0.3 is 11.9 Å². The van der Waals surface area contributed by atoms with Crippen LogP contribution in [0.2, 0.25) is 0 Å². The Labute approximate surface area is 133 Å². The number of aromatic hydroxyl groups is 1. The fourth-order valence-corrected chi connectivity index (χ4v) is 1.61. The van der Waals surface area contributed by atoms with E-state index in [4.69, 9.17) is 0 Å². The topological polar surface area (TPSA) is 105 Å². The molecule has 0 saturated heterocycles. The number of carbonyl (C=O) groups excluding carboxylic acids is 3. The van der Waals surface area contributed by atoms with Crippen molar-refractivity contribution in [2.75, 3.05) is 33.6 Å². The summed E-state index contributed by atoms with van der Waals surface area (Å²) in [5.41, 5.74) is 0.184. The minimum Gasteiger partial charge on any atom is -0.507 e. The first-order chi connectivity index (χ1) is 10.8. The molecule has 1 amide bonds. The van der Waals surface area contributed by atoms with Crippen LogP contribution in [0, 0.1) is 0 Å². The molecule has 1 aromatic rings. The zero-order valence-corrected chi connectivity index (χ0v) is 13.2. The first-order valence-corrected chi connectivity index (χ1v) is 6.49. The number of esters is 2. The van der Waals surface area contributed by atoms with Crippen molar-refractivity contribution in [1.29, 1.82) is 0 Å². The molecule has 2 N–H and O–H groups in total. The number of methoxy groups -OCH3 is 2. The quantitative estimate of drug-likeness (QED) is 0.468. The van der Waals surface area contributed by atoms with Gasteiger partial charge in [-0.3, -0.25) is 4.79 Å². The molecule has 0 aliphatic carbocycles. The van der Waals surface area contributed by atoms with E-state index < -0.39 is 17.8 Å². The van der Waals surface area contributed by atoms with Gasteiger partial charge in [-0.15, -0.1) is 0 Å². The summed E-state index contributed by atoms with van der Waals surface area (Å²) in [5, 5.41) is 12.4. The predicted octanol–water partition coefficient (Wildman–Crippen LogP) is 0.736. The SMILES string of the molecule is COC(=O)/C=C(/Nc1ccc(O)c(C(=O)N(C)C)c1)C(=O)OC. The Kier molecular flexibility index (Phi) is 6.13. The molecule has 124 valence electrons. The maximum Gasteiger partial charge on any atom is 0.354 e. The molecule has 0 radical (unpaired) electrons. The van der Waals surface area contributed by atoms with Crippen LogP contribution in [0.4, 0.5) is 5.69 Å². The highest BCUT2D eigenvalue weighted by Crippen LogP contribution is 2.23. The summed E-state index contributed by atoms with van der Waals surface area (Å²) in [4.78, 5) is 36.3. The van der Waals surface area contributed by atoms with Crippen molar-refractivity contribution in [2.45, 2.75) is 0 Å². The third kappa shape index (κ3) is 4.73. The highest BCUT2D eigenvalue weighted by atomic mass is 16.5. The summed E-state index contributed by atoms with van der Waals surface area (Å²) in [5.74, 6) is -2.15. The van der Waals surface area contributed by atoms with E-state index in [1.165, 1.54) is 30.2 Å². The zero-order valence-electron chi connectivity index (χ0n) is 13.2. The van der Waals surface area contributed by atoms with Crippen molar-refractivity contribution in [2.24, 2.45) is 0 Å². The largest absolute Gasteiger partial charge is 0.507 e. The number of anilines is 1. The lowest BCUT2D eigenvalue weighted by molar-refractivity contribution is -0.138. The third-order valence-corrected chi connectivity index (χ3v) is 2.78. The molecule has 0 bridgehead atoms. The molecule has 0 aliphatic heterocycles. The lowest BCUT2D eigenvalue weighted by Gasteiger charge is -2.14. The van der Waals surface area contributed by atoms with Gasteiger partial charge < -0.3 is 24.8 Å². The molecule has 8 heteroatoms. The summed E-state index contributed by atoms with van der Waals surface area (Å²) >= 11 is 0. The number of phenolic OH excluding ortho intramolecular Hbond substituents is 1. The number of ether oxygens (including phenoxy) is 2. The summed E-state index contributed by atoms with van der Waals surface area (Å²) in [6, 6.07) is 4.09. The highest BCUT2D eigenvalue weighted by molar-refractivity contribution is 6.00. The van der Waals surface area contributed by atoms with Gasteiger partial charge in [-0.1, -0.05) is 0 Å². The van der Waals surface area contributed by atoms with Gasteiger partial charge in [0.15, 0.2) is 0 Å². The minimum absolute atomic E-state index is 0.0438. The van der Waals surface area contributed by atoms with Crippen molar-refractivity contribution in [3.05, 3.63) is 35.5 Å². The van der Waals surface area contributed by atoms with E-state index in [9.17, 15) is 19.5 Å². The van der Waals surface area contributed by atoms with Crippen LogP contribution in [-0.2, 0) is 19.1 Å². The van der Waals surface area contributed by atoms with Crippen LogP contribution in [0.15, 0.2) is 30.0 Å². The number of amides is 1. The van der Waals surface area contributed by atoms with Crippen LogP contribution >= 0.6 is 0 Å². The molecule has 0 aromatic heterocycles. The lowest BCUT2D eigenvalue weighted by Crippen LogP contribution is -2.22. The molecule has 0 fully saturated rings. The van der Waals surface area contributed by atoms with Gasteiger partial charge in [0.25, 0.3) is 5.91 Å². The second-order valence-electron chi connectivity index (χ2n) is 4.63. The van der Waals surface area contributed by atoms with Crippen LogP contribution < -0.4 is 5.32 Å². The van der Waals surface area contributed by atoms with Crippen molar-refractivity contribution in [3.63, 3.8) is 0 Å². The molecule has 23 heavy (non-hydrogen) atoms. The number of rotatable bonds is 5. The number of hydrogen-bond acceptors (Lipinski definition) is 7. The van der Waals surface area contributed by atoms with E-state index in [1.807, 2.05) is 0 Å². The lowest BCUT2D eigenvalue weighted by atomic mass is 10.1. The van der Waals surface area contributed by atoms with Gasteiger partial charge in [-0.05, 0) is 18.2 Å². The molecule has 0 spiro atoms. The van der Waals surface area contributed by atoms with Gasteiger partial charge in [-0.2, -0.15) is 0 Å². The summed E-state index contributed by atoms with van der Waals surface area (Å²) in [6.45, 7) is 0. The number of carbonyl (C=O) groups is 3. The Bertz CT molecular complexity index is 651. The molecule has 0 heterocycles. The maximum atomic E-state index is 12.0. The molecule has 8 nitrogen and oxygen atoms in total. The fourth-order valence-electron chi connectivity index (χ4n) is 1.61. The first kappa shape index (κ1) is 18.0. The third-order valence-electron chi connectivity index (χ3n) is 2.78. The van der Waals surface area contributed by atoms with Crippen LogP contribution in [0.5, 0.6) is 5.75 Å². The number of hydrogen-bond donors (Lipinski definition) is 2. The van der Waals surface area contributed by atoms with E-state index in [1.54, 1.807) is 14.1 Å². The standard InChI is InChI=1S/C15H18N2O6/c1-17(2)14(20)10-7-9(5-6-12(10)18)16-11(15(21)23-4)8-13(19)22-3/h5-8,16,18H,1-4H3/b11-8+. The van der Waals surface area contributed by atoms with Crippen LogP contribution in [0.3, 0.4) is 0 Å². The number of phenols is 1. The molecular formula is C15H18N2O6. The van der Waals surface area contributed by atoms with E-state index in [0.717, 1.165) is 13.2 Å². The monoisotopic (exact) mass is 322 g/mol. The van der Waals surface area contributed by atoms with Crippen molar-refractivity contribution >= 4 is 23.5 Å². The van der Waals surface area contributed by atoms with Gasteiger partial charge in [0.05, 0.1) is 25.9 Å². The van der Waals surface area contributed by atoms with Crippen molar-refractivity contribution in [3.8, 4) is 5.75 Å². The fraction of sp³-hybridized carbons (Fsp3) is 0.267. The van der Waals surface area contributed by atoms with Crippen LogP contribution in [-0.4, -0.2) is 56.2 Å². The van der Waals surface area contributed by atoms with Crippen LogP contribution in [0.1, 0.15) is 10.4 Å². The van der Waals surface area contributed by atoms with Gasteiger partial charge in [0.1, 0.15) is 11.4 Å².